The first kappa shape index (κ1) is 13.8. The molecule has 6 heteroatoms. The molecule has 0 saturated heterocycles. The van der Waals surface area contributed by atoms with Gasteiger partial charge in [-0.2, -0.15) is 15.5 Å². The van der Waals surface area contributed by atoms with E-state index in [1.807, 2.05) is 24.3 Å². The first-order valence-corrected chi connectivity index (χ1v) is 7.01. The number of aromatic nitrogens is 2. The number of anilines is 3. The Bertz CT molecular complexity index is 795. The van der Waals surface area contributed by atoms with Gasteiger partial charge in [-0.25, -0.2) is 4.98 Å². The molecule has 22 heavy (non-hydrogen) atoms. The molecule has 108 valence electrons. The van der Waals surface area contributed by atoms with E-state index in [9.17, 15) is 5.26 Å². The van der Waals surface area contributed by atoms with Crippen molar-refractivity contribution in [3.63, 3.8) is 0 Å². The van der Waals surface area contributed by atoms with Crippen LogP contribution in [-0.2, 0) is 0 Å². The summed E-state index contributed by atoms with van der Waals surface area (Å²) in [4.78, 5) is 8.36. The molecule has 2 aromatic rings. The standard InChI is InChI=1S/C16H14N6/c1-19-15-12(8-18)9-20-16(22-15)21-13-4-5-14(10-2-3-10)11(6-13)7-17/h4-6,9-10H,2-3H2,1H3,(H2,19,20,21,22). The summed E-state index contributed by atoms with van der Waals surface area (Å²) in [6, 6.07) is 10.00. The minimum Gasteiger partial charge on any atom is -0.372 e. The third-order valence-electron chi connectivity index (χ3n) is 3.59. The maximum atomic E-state index is 9.28. The van der Waals surface area contributed by atoms with Gasteiger partial charge in [0.05, 0.1) is 17.8 Å². The number of nitrogens with one attached hydrogen (secondary N) is 2. The van der Waals surface area contributed by atoms with Gasteiger partial charge in [0.1, 0.15) is 17.5 Å². The Morgan fingerprint density at radius 2 is 1.95 bits per heavy atom. The molecule has 1 aromatic carbocycles. The van der Waals surface area contributed by atoms with E-state index in [-0.39, 0.29) is 0 Å². The van der Waals surface area contributed by atoms with Gasteiger partial charge < -0.3 is 10.6 Å². The van der Waals surface area contributed by atoms with Gasteiger partial charge in [0.15, 0.2) is 0 Å². The lowest BCUT2D eigenvalue weighted by Gasteiger charge is -2.09. The molecule has 0 unspecified atom stereocenters. The van der Waals surface area contributed by atoms with Crippen LogP contribution in [0.2, 0.25) is 0 Å². The van der Waals surface area contributed by atoms with Gasteiger partial charge in [0.25, 0.3) is 0 Å². The molecular formula is C16H14N6. The summed E-state index contributed by atoms with van der Waals surface area (Å²) in [5, 5.41) is 24.2. The second-order valence-corrected chi connectivity index (χ2v) is 5.13. The Morgan fingerprint density at radius 3 is 2.59 bits per heavy atom. The van der Waals surface area contributed by atoms with Crippen LogP contribution in [0.25, 0.3) is 0 Å². The van der Waals surface area contributed by atoms with Crippen LogP contribution in [0.15, 0.2) is 24.4 Å². The summed E-state index contributed by atoms with van der Waals surface area (Å²) in [5.41, 5.74) is 2.95. The molecule has 0 spiro atoms. The SMILES string of the molecule is CNc1nc(Nc2ccc(C3CC3)c(C#N)c2)ncc1C#N. The summed E-state index contributed by atoms with van der Waals surface area (Å²) < 4.78 is 0. The van der Waals surface area contributed by atoms with Crippen LogP contribution in [0, 0.1) is 22.7 Å². The van der Waals surface area contributed by atoms with Crippen molar-refractivity contribution in [1.29, 1.82) is 10.5 Å². The summed E-state index contributed by atoms with van der Waals surface area (Å²) in [6.07, 6.45) is 3.78. The van der Waals surface area contributed by atoms with Gasteiger partial charge in [-0.05, 0) is 36.5 Å². The van der Waals surface area contributed by atoms with Crippen molar-refractivity contribution in [3.8, 4) is 12.1 Å². The molecule has 0 atom stereocenters. The van der Waals surface area contributed by atoms with Crippen molar-refractivity contribution in [2.75, 3.05) is 17.7 Å². The van der Waals surface area contributed by atoms with Crippen LogP contribution in [0.5, 0.6) is 0 Å². The zero-order valence-corrected chi connectivity index (χ0v) is 12.1. The Balaban J connectivity index is 1.87. The molecule has 1 fully saturated rings. The van der Waals surface area contributed by atoms with Crippen LogP contribution < -0.4 is 10.6 Å². The highest BCUT2D eigenvalue weighted by Crippen LogP contribution is 2.42. The summed E-state index contributed by atoms with van der Waals surface area (Å²) in [7, 11) is 1.70. The average Bonchev–Trinajstić information content (AvgIpc) is 3.39. The van der Waals surface area contributed by atoms with Crippen molar-refractivity contribution in [1.82, 2.24) is 9.97 Å². The highest BCUT2D eigenvalue weighted by Gasteiger charge is 2.26. The van der Waals surface area contributed by atoms with E-state index in [0.717, 1.165) is 24.1 Å². The van der Waals surface area contributed by atoms with Crippen molar-refractivity contribution < 1.29 is 0 Å². The Labute approximate surface area is 128 Å². The summed E-state index contributed by atoms with van der Waals surface area (Å²) in [5.74, 6) is 1.38. The fourth-order valence-electron chi connectivity index (χ4n) is 2.32. The third kappa shape index (κ3) is 2.68. The topological polar surface area (TPSA) is 97.4 Å². The molecule has 0 aliphatic heterocycles. The smallest absolute Gasteiger partial charge is 0.229 e. The largest absolute Gasteiger partial charge is 0.372 e. The van der Waals surface area contributed by atoms with Gasteiger partial charge in [-0.1, -0.05) is 6.07 Å². The lowest BCUT2D eigenvalue weighted by Crippen LogP contribution is -2.03. The van der Waals surface area contributed by atoms with Crippen molar-refractivity contribution >= 4 is 17.5 Å². The number of nitrogens with zero attached hydrogens (tertiary/aromatic N) is 4. The van der Waals surface area contributed by atoms with Crippen molar-refractivity contribution in [2.45, 2.75) is 18.8 Å². The molecule has 0 bridgehead atoms. The lowest BCUT2D eigenvalue weighted by molar-refractivity contribution is 1.11. The van der Waals surface area contributed by atoms with Crippen LogP contribution >= 0.6 is 0 Å². The van der Waals surface area contributed by atoms with E-state index >= 15 is 0 Å². The van der Waals surface area contributed by atoms with Gasteiger partial charge in [-0.3, -0.25) is 0 Å². The van der Waals surface area contributed by atoms with Gasteiger partial charge in [0, 0.05) is 12.7 Å². The monoisotopic (exact) mass is 290 g/mol. The van der Waals surface area contributed by atoms with Gasteiger partial charge in [-0.15, -0.1) is 0 Å². The van der Waals surface area contributed by atoms with E-state index in [1.165, 1.54) is 6.20 Å². The first-order valence-electron chi connectivity index (χ1n) is 7.01. The molecule has 1 aliphatic carbocycles. The Morgan fingerprint density at radius 1 is 1.18 bits per heavy atom. The summed E-state index contributed by atoms with van der Waals surface area (Å²) >= 11 is 0. The molecule has 1 aromatic heterocycles. The zero-order chi connectivity index (χ0) is 15.5. The molecule has 0 radical (unpaired) electrons. The highest BCUT2D eigenvalue weighted by atomic mass is 15.1. The molecule has 1 heterocycles. The second kappa shape index (κ2) is 5.71. The van der Waals surface area contributed by atoms with Gasteiger partial charge in [0.2, 0.25) is 5.95 Å². The van der Waals surface area contributed by atoms with Crippen molar-refractivity contribution in [2.24, 2.45) is 0 Å². The van der Waals surface area contributed by atoms with Crippen LogP contribution in [0.3, 0.4) is 0 Å². The number of benzene rings is 1. The zero-order valence-electron chi connectivity index (χ0n) is 12.1. The van der Waals surface area contributed by atoms with E-state index in [4.69, 9.17) is 5.26 Å². The van der Waals surface area contributed by atoms with E-state index < -0.39 is 0 Å². The number of rotatable bonds is 4. The maximum Gasteiger partial charge on any atom is 0.229 e. The van der Waals surface area contributed by atoms with Crippen LogP contribution in [-0.4, -0.2) is 17.0 Å². The molecule has 6 nitrogen and oxygen atoms in total. The van der Waals surface area contributed by atoms with Gasteiger partial charge >= 0.3 is 0 Å². The first-order chi connectivity index (χ1) is 10.7. The molecule has 3 rings (SSSR count). The van der Waals surface area contributed by atoms with E-state index in [0.29, 0.717) is 28.8 Å². The number of nitriles is 2. The maximum absolute atomic E-state index is 9.28. The quantitative estimate of drug-likeness (QED) is 0.898. The van der Waals surface area contributed by atoms with Crippen molar-refractivity contribution in [3.05, 3.63) is 41.1 Å². The predicted molar refractivity (Wildman–Crippen MR) is 82.7 cm³/mol. The Kier molecular flexibility index (Phi) is 3.59. The normalized spacial score (nSPS) is 13.0. The van der Waals surface area contributed by atoms with Crippen LogP contribution in [0.4, 0.5) is 17.5 Å². The van der Waals surface area contributed by atoms with E-state index in [2.05, 4.69) is 26.7 Å². The molecular weight excluding hydrogens is 276 g/mol. The Hall–Kier alpha value is -3.12. The molecule has 0 amide bonds. The molecule has 2 N–H and O–H groups in total. The number of hydrogen-bond donors (Lipinski definition) is 2. The minimum absolute atomic E-state index is 0.381. The highest BCUT2D eigenvalue weighted by molar-refractivity contribution is 5.61. The third-order valence-corrected chi connectivity index (χ3v) is 3.59. The second-order valence-electron chi connectivity index (χ2n) is 5.13. The molecule has 1 saturated carbocycles. The van der Waals surface area contributed by atoms with Crippen LogP contribution in [0.1, 0.15) is 35.4 Å². The predicted octanol–water partition coefficient (Wildman–Crippen LogP) is 2.88. The lowest BCUT2D eigenvalue weighted by atomic mass is 10.0. The summed E-state index contributed by atoms with van der Waals surface area (Å²) in [6.45, 7) is 0. The minimum atomic E-state index is 0.381. The number of hydrogen-bond acceptors (Lipinski definition) is 6. The molecule has 1 aliphatic rings. The fraction of sp³-hybridized carbons (Fsp3) is 0.250. The fourth-order valence-corrected chi connectivity index (χ4v) is 2.32. The average molecular weight is 290 g/mol. The van der Waals surface area contributed by atoms with E-state index in [1.54, 1.807) is 7.05 Å².